The summed E-state index contributed by atoms with van der Waals surface area (Å²) in [6, 6.07) is 9.19. The Bertz CT molecular complexity index is 741. The number of nitrogens with zero attached hydrogens (tertiary/aromatic N) is 3. The van der Waals surface area contributed by atoms with E-state index < -0.39 is 0 Å². The Morgan fingerprint density at radius 3 is 2.72 bits per heavy atom. The van der Waals surface area contributed by atoms with Crippen LogP contribution in [0.2, 0.25) is 5.02 Å². The van der Waals surface area contributed by atoms with Crippen LogP contribution < -0.4 is 15.0 Å². The normalized spacial score (nSPS) is 17.3. The van der Waals surface area contributed by atoms with Gasteiger partial charge in [0.25, 0.3) is 0 Å². The van der Waals surface area contributed by atoms with Gasteiger partial charge in [0.15, 0.2) is 5.75 Å². The van der Waals surface area contributed by atoms with Crippen molar-refractivity contribution in [2.45, 2.75) is 13.0 Å². The number of methoxy groups -OCH3 is 1. The zero-order valence-electron chi connectivity index (χ0n) is 14.3. The van der Waals surface area contributed by atoms with Gasteiger partial charge in [-0.15, -0.1) is 0 Å². The fourth-order valence-electron chi connectivity index (χ4n) is 3.05. The highest BCUT2D eigenvalue weighted by Gasteiger charge is 2.28. The van der Waals surface area contributed by atoms with E-state index in [1.807, 2.05) is 24.0 Å². The van der Waals surface area contributed by atoms with Crippen LogP contribution in [-0.2, 0) is 0 Å². The molecule has 0 spiro atoms. The second kappa shape index (κ2) is 7.61. The second-order valence-electron chi connectivity index (χ2n) is 5.94. The fourth-order valence-corrected chi connectivity index (χ4v) is 3.30. The highest BCUT2D eigenvalue weighted by atomic mass is 35.5. The Kier molecular flexibility index (Phi) is 5.28. The molecule has 132 valence electrons. The first kappa shape index (κ1) is 17.4. The lowest BCUT2D eigenvalue weighted by Gasteiger charge is -2.40. The number of benzene rings is 1. The molecule has 1 N–H and O–H groups in total. The van der Waals surface area contributed by atoms with E-state index in [1.54, 1.807) is 30.6 Å². The number of halogens is 1. The van der Waals surface area contributed by atoms with Gasteiger partial charge in [-0.2, -0.15) is 0 Å². The van der Waals surface area contributed by atoms with E-state index >= 15 is 0 Å². The maximum atomic E-state index is 12.7. The molecule has 3 rings (SSSR count). The molecule has 1 aromatic heterocycles. The number of nitrogens with one attached hydrogen (secondary N) is 1. The number of pyridine rings is 1. The molecular weight excluding hydrogens is 340 g/mol. The number of hydrogen-bond acceptors (Lipinski definition) is 4. The molecule has 0 bridgehead atoms. The van der Waals surface area contributed by atoms with Crippen molar-refractivity contribution in [1.82, 2.24) is 9.88 Å². The van der Waals surface area contributed by atoms with Crippen LogP contribution in [0.3, 0.4) is 0 Å². The Labute approximate surface area is 152 Å². The summed E-state index contributed by atoms with van der Waals surface area (Å²) < 4.78 is 5.29. The third-order valence-corrected chi connectivity index (χ3v) is 4.63. The molecule has 1 atom stereocenters. The number of ether oxygens (including phenoxy) is 1. The van der Waals surface area contributed by atoms with Crippen molar-refractivity contribution in [3.8, 4) is 5.75 Å². The first-order valence-corrected chi connectivity index (χ1v) is 8.53. The number of para-hydroxylation sites is 1. The third-order valence-electron chi connectivity index (χ3n) is 4.33. The first-order valence-electron chi connectivity index (χ1n) is 8.15. The van der Waals surface area contributed by atoms with E-state index in [4.69, 9.17) is 16.3 Å². The van der Waals surface area contributed by atoms with Crippen LogP contribution in [0.15, 0.2) is 42.7 Å². The fraction of sp³-hybridized carbons (Fsp3) is 0.333. The summed E-state index contributed by atoms with van der Waals surface area (Å²) in [5, 5.41) is 3.37. The summed E-state index contributed by atoms with van der Waals surface area (Å²) in [6.07, 6.45) is 3.56. The topological polar surface area (TPSA) is 57.7 Å². The predicted octanol–water partition coefficient (Wildman–Crippen LogP) is 3.49. The Hall–Kier alpha value is -2.47. The van der Waals surface area contributed by atoms with Crippen LogP contribution >= 0.6 is 11.6 Å². The molecule has 0 saturated carbocycles. The molecular formula is C18H21ClN4O2. The molecule has 1 aliphatic heterocycles. The molecule has 0 aliphatic carbocycles. The van der Waals surface area contributed by atoms with Crippen molar-refractivity contribution in [3.63, 3.8) is 0 Å². The molecule has 2 amide bonds. The van der Waals surface area contributed by atoms with Gasteiger partial charge in [0.05, 0.1) is 17.8 Å². The highest BCUT2D eigenvalue weighted by Crippen LogP contribution is 2.32. The summed E-state index contributed by atoms with van der Waals surface area (Å²) in [5.41, 5.74) is 1.70. The van der Waals surface area contributed by atoms with Crippen molar-refractivity contribution in [2.75, 3.05) is 37.0 Å². The van der Waals surface area contributed by atoms with Gasteiger partial charge in [0.2, 0.25) is 0 Å². The molecule has 1 aromatic carbocycles. The molecule has 2 aromatic rings. The van der Waals surface area contributed by atoms with Crippen LogP contribution in [0.5, 0.6) is 5.75 Å². The number of urea groups is 1. The quantitative estimate of drug-likeness (QED) is 0.910. The summed E-state index contributed by atoms with van der Waals surface area (Å²) >= 11 is 6.11. The number of anilines is 2. The lowest BCUT2D eigenvalue weighted by atomic mass is 10.2. The Balaban J connectivity index is 1.67. The minimum atomic E-state index is -0.151. The zero-order chi connectivity index (χ0) is 17.8. The molecule has 1 aliphatic rings. The maximum absolute atomic E-state index is 12.7. The number of rotatable bonds is 3. The second-order valence-corrected chi connectivity index (χ2v) is 6.35. The SMILES string of the molecule is COc1c(Cl)cccc1NC(=O)N1CCN(c2ccncc2)CC1C. The van der Waals surface area contributed by atoms with E-state index in [2.05, 4.69) is 15.2 Å². The Morgan fingerprint density at radius 1 is 1.28 bits per heavy atom. The average Bonchev–Trinajstić information content (AvgIpc) is 2.62. The van der Waals surface area contributed by atoms with Crippen molar-refractivity contribution in [3.05, 3.63) is 47.7 Å². The molecule has 1 fully saturated rings. The molecule has 25 heavy (non-hydrogen) atoms. The van der Waals surface area contributed by atoms with Crippen molar-refractivity contribution in [2.24, 2.45) is 0 Å². The van der Waals surface area contributed by atoms with E-state index in [1.165, 1.54) is 7.11 Å². The van der Waals surface area contributed by atoms with Crippen molar-refractivity contribution < 1.29 is 9.53 Å². The van der Waals surface area contributed by atoms with Gasteiger partial charge in [-0.05, 0) is 31.2 Å². The summed E-state index contributed by atoms with van der Waals surface area (Å²) in [5.74, 6) is 0.473. The van der Waals surface area contributed by atoms with Crippen LogP contribution in [0.1, 0.15) is 6.92 Å². The third kappa shape index (κ3) is 3.79. The van der Waals surface area contributed by atoms with Crippen molar-refractivity contribution in [1.29, 1.82) is 0 Å². The number of aromatic nitrogens is 1. The van der Waals surface area contributed by atoms with Crippen molar-refractivity contribution >= 4 is 29.0 Å². The van der Waals surface area contributed by atoms with Gasteiger partial charge >= 0.3 is 6.03 Å². The standard InChI is InChI=1S/C18H21ClN4O2/c1-13-12-22(14-6-8-20-9-7-14)10-11-23(13)18(24)21-16-5-3-4-15(19)17(16)25-2/h3-9,13H,10-12H2,1-2H3,(H,21,24). The van der Waals surface area contributed by atoms with E-state index in [9.17, 15) is 4.79 Å². The van der Waals surface area contributed by atoms with Gasteiger partial charge in [0.1, 0.15) is 0 Å². The first-order chi connectivity index (χ1) is 12.1. The highest BCUT2D eigenvalue weighted by molar-refractivity contribution is 6.32. The van der Waals surface area contributed by atoms with Crippen LogP contribution in [0.4, 0.5) is 16.2 Å². The largest absolute Gasteiger partial charge is 0.493 e. The predicted molar refractivity (Wildman–Crippen MR) is 99.6 cm³/mol. The van der Waals surface area contributed by atoms with E-state index in [0.29, 0.717) is 23.0 Å². The van der Waals surface area contributed by atoms with E-state index in [-0.39, 0.29) is 12.1 Å². The van der Waals surface area contributed by atoms with Gasteiger partial charge in [0, 0.05) is 43.8 Å². The lowest BCUT2D eigenvalue weighted by Crippen LogP contribution is -2.55. The average molecular weight is 361 g/mol. The van der Waals surface area contributed by atoms with Crippen LogP contribution in [0.25, 0.3) is 0 Å². The number of carbonyl (C=O) groups excluding carboxylic acids is 1. The number of amides is 2. The smallest absolute Gasteiger partial charge is 0.322 e. The van der Waals surface area contributed by atoms with Gasteiger partial charge in [-0.25, -0.2) is 4.79 Å². The Morgan fingerprint density at radius 2 is 2.04 bits per heavy atom. The minimum absolute atomic E-state index is 0.0760. The zero-order valence-corrected chi connectivity index (χ0v) is 15.0. The van der Waals surface area contributed by atoms with Crippen LogP contribution in [0, 0.1) is 0 Å². The molecule has 1 saturated heterocycles. The summed E-state index contributed by atoms with van der Waals surface area (Å²) in [6.45, 7) is 4.22. The van der Waals surface area contributed by atoms with Gasteiger partial charge in [-0.1, -0.05) is 17.7 Å². The minimum Gasteiger partial charge on any atom is -0.493 e. The number of piperazine rings is 1. The lowest BCUT2D eigenvalue weighted by molar-refractivity contribution is 0.184. The molecule has 6 nitrogen and oxygen atoms in total. The monoisotopic (exact) mass is 360 g/mol. The number of hydrogen-bond donors (Lipinski definition) is 1. The summed E-state index contributed by atoms with van der Waals surface area (Å²) in [4.78, 5) is 20.8. The van der Waals surface area contributed by atoms with Gasteiger partial charge < -0.3 is 19.9 Å². The maximum Gasteiger partial charge on any atom is 0.322 e. The molecule has 2 heterocycles. The molecule has 1 unspecified atom stereocenters. The summed E-state index contributed by atoms with van der Waals surface area (Å²) in [7, 11) is 1.53. The molecule has 7 heteroatoms. The van der Waals surface area contributed by atoms with E-state index in [0.717, 1.165) is 18.8 Å². The molecule has 0 radical (unpaired) electrons. The van der Waals surface area contributed by atoms with Gasteiger partial charge in [-0.3, -0.25) is 4.98 Å². The van der Waals surface area contributed by atoms with Crippen LogP contribution in [-0.4, -0.2) is 48.7 Å². The number of carbonyl (C=O) groups is 1.